The number of rotatable bonds is 8. The van der Waals surface area contributed by atoms with E-state index in [1.807, 2.05) is 0 Å². The van der Waals surface area contributed by atoms with E-state index >= 15 is 0 Å². The van der Waals surface area contributed by atoms with Crippen LogP contribution in [0, 0.1) is 5.82 Å². The van der Waals surface area contributed by atoms with E-state index in [9.17, 15) is 14.0 Å². The van der Waals surface area contributed by atoms with Crippen molar-refractivity contribution in [3.63, 3.8) is 0 Å². The summed E-state index contributed by atoms with van der Waals surface area (Å²) in [5.74, 6) is -0.447. The number of benzene rings is 1. The van der Waals surface area contributed by atoms with Crippen LogP contribution in [0.25, 0.3) is 11.4 Å². The number of amides is 1. The number of aromatic amines is 1. The molecule has 2 rings (SSSR count). The van der Waals surface area contributed by atoms with E-state index in [4.69, 9.17) is 0 Å². The standard InChI is InChI=1S/C15H17FN4O3S/c1-23-13(22)7-4-8-17-12(21)9-24-15-18-14(19-20-15)10-5-2-3-6-11(10)16/h2-3,5-6H,4,7-9H2,1H3,(H,17,21)(H,18,19,20). The van der Waals surface area contributed by atoms with Gasteiger partial charge in [0, 0.05) is 13.0 Å². The Balaban J connectivity index is 1.76. The molecule has 1 heterocycles. The summed E-state index contributed by atoms with van der Waals surface area (Å²) in [6.45, 7) is 0.392. The van der Waals surface area contributed by atoms with Gasteiger partial charge in [-0.25, -0.2) is 9.37 Å². The number of halogens is 1. The Morgan fingerprint density at radius 2 is 2.17 bits per heavy atom. The number of methoxy groups -OCH3 is 1. The second-order valence-electron chi connectivity index (χ2n) is 4.76. The van der Waals surface area contributed by atoms with Crippen LogP contribution in [0.5, 0.6) is 0 Å². The molecule has 1 aromatic carbocycles. The normalized spacial score (nSPS) is 10.4. The van der Waals surface area contributed by atoms with Crippen molar-refractivity contribution in [2.24, 2.45) is 0 Å². The lowest BCUT2D eigenvalue weighted by molar-refractivity contribution is -0.140. The Hall–Kier alpha value is -2.42. The van der Waals surface area contributed by atoms with Gasteiger partial charge in [0.05, 0.1) is 18.4 Å². The molecule has 1 amide bonds. The maximum absolute atomic E-state index is 13.7. The van der Waals surface area contributed by atoms with Crippen LogP contribution in [0.15, 0.2) is 29.4 Å². The van der Waals surface area contributed by atoms with Gasteiger partial charge in [0.15, 0.2) is 5.82 Å². The van der Waals surface area contributed by atoms with Crippen molar-refractivity contribution < 1.29 is 18.7 Å². The van der Waals surface area contributed by atoms with Crippen LogP contribution in [0.3, 0.4) is 0 Å². The van der Waals surface area contributed by atoms with Crippen molar-refractivity contribution in [2.45, 2.75) is 18.0 Å². The number of nitrogens with one attached hydrogen (secondary N) is 2. The number of aromatic nitrogens is 3. The molecule has 0 aliphatic heterocycles. The van der Waals surface area contributed by atoms with Crippen LogP contribution in [-0.2, 0) is 14.3 Å². The van der Waals surface area contributed by atoms with E-state index in [1.54, 1.807) is 18.2 Å². The first kappa shape index (κ1) is 17.9. The Morgan fingerprint density at radius 1 is 1.38 bits per heavy atom. The first-order valence-electron chi connectivity index (χ1n) is 7.23. The van der Waals surface area contributed by atoms with Crippen molar-refractivity contribution in [3.05, 3.63) is 30.1 Å². The molecule has 0 fully saturated rings. The fraction of sp³-hybridized carbons (Fsp3) is 0.333. The number of carbonyl (C=O) groups excluding carboxylic acids is 2. The van der Waals surface area contributed by atoms with Gasteiger partial charge in [0.25, 0.3) is 0 Å². The maximum Gasteiger partial charge on any atom is 0.305 e. The second-order valence-corrected chi connectivity index (χ2v) is 5.71. The van der Waals surface area contributed by atoms with Crippen molar-refractivity contribution in [1.82, 2.24) is 20.5 Å². The van der Waals surface area contributed by atoms with Gasteiger partial charge in [-0.3, -0.25) is 14.7 Å². The molecule has 1 aromatic heterocycles. The number of ether oxygens (including phenoxy) is 1. The van der Waals surface area contributed by atoms with Crippen molar-refractivity contribution in [3.8, 4) is 11.4 Å². The number of esters is 1. The number of H-pyrrole nitrogens is 1. The van der Waals surface area contributed by atoms with Gasteiger partial charge in [-0.15, -0.1) is 5.10 Å². The average molecular weight is 352 g/mol. The zero-order valence-corrected chi connectivity index (χ0v) is 13.9. The molecule has 24 heavy (non-hydrogen) atoms. The van der Waals surface area contributed by atoms with Gasteiger partial charge in [-0.1, -0.05) is 23.9 Å². The van der Waals surface area contributed by atoms with Gasteiger partial charge in [0.1, 0.15) is 5.82 Å². The molecular formula is C15H17FN4O3S. The molecule has 128 valence electrons. The van der Waals surface area contributed by atoms with Crippen LogP contribution in [-0.4, -0.2) is 46.5 Å². The predicted molar refractivity (Wildman–Crippen MR) is 86.8 cm³/mol. The van der Waals surface area contributed by atoms with Crippen LogP contribution in [0.4, 0.5) is 4.39 Å². The van der Waals surface area contributed by atoms with Crippen molar-refractivity contribution in [1.29, 1.82) is 0 Å². The third-order valence-electron chi connectivity index (χ3n) is 3.03. The minimum atomic E-state index is -0.395. The Kier molecular flexibility index (Phi) is 6.74. The van der Waals surface area contributed by atoms with Gasteiger partial charge in [0.2, 0.25) is 11.1 Å². The summed E-state index contributed by atoms with van der Waals surface area (Å²) in [5, 5.41) is 9.65. The monoisotopic (exact) mass is 352 g/mol. The van der Waals surface area contributed by atoms with E-state index < -0.39 is 5.82 Å². The lowest BCUT2D eigenvalue weighted by Crippen LogP contribution is -2.26. The van der Waals surface area contributed by atoms with Gasteiger partial charge >= 0.3 is 5.97 Å². The molecule has 2 N–H and O–H groups in total. The Bertz CT molecular complexity index is 708. The van der Waals surface area contributed by atoms with Gasteiger partial charge < -0.3 is 10.1 Å². The highest BCUT2D eigenvalue weighted by molar-refractivity contribution is 7.99. The molecule has 7 nitrogen and oxygen atoms in total. The number of thioether (sulfide) groups is 1. The molecule has 0 saturated heterocycles. The predicted octanol–water partition coefficient (Wildman–Crippen LogP) is 1.77. The van der Waals surface area contributed by atoms with Crippen molar-refractivity contribution >= 4 is 23.6 Å². The summed E-state index contributed by atoms with van der Waals surface area (Å²) in [6.07, 6.45) is 0.776. The highest BCUT2D eigenvalue weighted by atomic mass is 32.2. The summed E-state index contributed by atoms with van der Waals surface area (Å²) >= 11 is 1.14. The summed E-state index contributed by atoms with van der Waals surface area (Å²) < 4.78 is 18.2. The molecule has 0 aliphatic carbocycles. The zero-order valence-electron chi connectivity index (χ0n) is 13.0. The first-order valence-corrected chi connectivity index (χ1v) is 8.22. The molecule has 0 unspecified atom stereocenters. The van der Waals surface area contributed by atoms with Crippen LogP contribution in [0.1, 0.15) is 12.8 Å². The number of nitrogens with zero attached hydrogens (tertiary/aromatic N) is 2. The number of carbonyl (C=O) groups is 2. The SMILES string of the molecule is COC(=O)CCCNC(=O)CSc1n[nH]c(-c2ccccc2F)n1. The van der Waals surface area contributed by atoms with E-state index in [0.29, 0.717) is 29.5 Å². The maximum atomic E-state index is 13.7. The fourth-order valence-electron chi connectivity index (χ4n) is 1.83. The smallest absolute Gasteiger partial charge is 0.305 e. The van der Waals surface area contributed by atoms with Gasteiger partial charge in [-0.2, -0.15) is 0 Å². The molecular weight excluding hydrogens is 335 g/mol. The Labute approximate surface area is 142 Å². The molecule has 0 bridgehead atoms. The zero-order chi connectivity index (χ0) is 17.4. The van der Waals surface area contributed by atoms with E-state index in [2.05, 4.69) is 25.2 Å². The largest absolute Gasteiger partial charge is 0.469 e. The fourth-order valence-corrected chi connectivity index (χ4v) is 2.46. The number of hydrogen-bond acceptors (Lipinski definition) is 6. The van der Waals surface area contributed by atoms with Crippen LogP contribution in [0.2, 0.25) is 0 Å². The summed E-state index contributed by atoms with van der Waals surface area (Å²) in [4.78, 5) is 26.8. The molecule has 9 heteroatoms. The second kappa shape index (κ2) is 9.02. The molecule has 2 aromatic rings. The van der Waals surface area contributed by atoms with Crippen LogP contribution >= 0.6 is 11.8 Å². The summed E-state index contributed by atoms with van der Waals surface area (Å²) in [5.41, 5.74) is 0.323. The lowest BCUT2D eigenvalue weighted by atomic mass is 10.2. The summed E-state index contributed by atoms with van der Waals surface area (Å²) in [6, 6.07) is 6.23. The van der Waals surface area contributed by atoms with Crippen LogP contribution < -0.4 is 5.32 Å². The number of hydrogen-bond donors (Lipinski definition) is 2. The lowest BCUT2D eigenvalue weighted by Gasteiger charge is -2.03. The first-order chi connectivity index (χ1) is 11.6. The third kappa shape index (κ3) is 5.34. The minimum Gasteiger partial charge on any atom is -0.469 e. The highest BCUT2D eigenvalue weighted by Gasteiger charge is 2.11. The molecule has 0 spiro atoms. The van der Waals surface area contributed by atoms with E-state index in [1.165, 1.54) is 13.2 Å². The Morgan fingerprint density at radius 3 is 2.92 bits per heavy atom. The quantitative estimate of drug-likeness (QED) is 0.427. The van der Waals surface area contributed by atoms with Crippen molar-refractivity contribution in [2.75, 3.05) is 19.4 Å². The van der Waals surface area contributed by atoms with Gasteiger partial charge in [-0.05, 0) is 18.6 Å². The highest BCUT2D eigenvalue weighted by Crippen LogP contribution is 2.21. The summed E-state index contributed by atoms with van der Waals surface area (Å²) in [7, 11) is 1.32. The van der Waals surface area contributed by atoms with E-state index in [0.717, 1.165) is 11.8 Å². The average Bonchev–Trinajstić information content (AvgIpc) is 3.05. The molecule has 0 radical (unpaired) electrons. The minimum absolute atomic E-state index is 0.132. The molecule has 0 atom stereocenters. The molecule has 0 aliphatic rings. The van der Waals surface area contributed by atoms with E-state index in [-0.39, 0.29) is 24.1 Å². The molecule has 0 saturated carbocycles. The third-order valence-corrected chi connectivity index (χ3v) is 3.88. The topological polar surface area (TPSA) is 97.0 Å².